The van der Waals surface area contributed by atoms with Crippen LogP contribution in [-0.2, 0) is 0 Å². The van der Waals surface area contributed by atoms with Gasteiger partial charge in [0, 0.05) is 13.1 Å². The zero-order valence-corrected chi connectivity index (χ0v) is 12.9. The standard InChI is InChI=1S/C16H17ClN4O/c17-12-6-2-3-7-13(12)20-15-11-18-14(10-19-15)16(22)21-8-4-1-5-9-21/h2-3,6-7,10-11H,1,4-5,8-9H2,(H,19,20). The Kier molecular flexibility index (Phi) is 4.53. The van der Waals surface area contributed by atoms with E-state index in [0.717, 1.165) is 31.6 Å². The van der Waals surface area contributed by atoms with Crippen molar-refractivity contribution in [3.05, 3.63) is 47.4 Å². The number of likely N-dealkylation sites (tertiary alicyclic amines) is 1. The first-order chi connectivity index (χ1) is 10.7. The minimum absolute atomic E-state index is 0.0449. The van der Waals surface area contributed by atoms with Crippen molar-refractivity contribution in [3.63, 3.8) is 0 Å². The molecule has 1 aliphatic heterocycles. The van der Waals surface area contributed by atoms with Crippen molar-refractivity contribution in [2.75, 3.05) is 18.4 Å². The molecule has 0 aliphatic carbocycles. The minimum Gasteiger partial charge on any atom is -0.338 e. The number of amides is 1. The number of nitrogens with one attached hydrogen (secondary N) is 1. The third kappa shape index (κ3) is 3.36. The second-order valence-corrected chi connectivity index (χ2v) is 5.65. The van der Waals surface area contributed by atoms with Gasteiger partial charge in [-0.2, -0.15) is 0 Å². The molecule has 1 aromatic carbocycles. The lowest BCUT2D eigenvalue weighted by atomic mass is 10.1. The summed E-state index contributed by atoms with van der Waals surface area (Å²) in [7, 11) is 0. The van der Waals surface area contributed by atoms with E-state index in [4.69, 9.17) is 11.6 Å². The van der Waals surface area contributed by atoms with Gasteiger partial charge < -0.3 is 10.2 Å². The van der Waals surface area contributed by atoms with Crippen molar-refractivity contribution in [2.45, 2.75) is 19.3 Å². The largest absolute Gasteiger partial charge is 0.338 e. The normalized spacial score (nSPS) is 14.7. The van der Waals surface area contributed by atoms with Crippen LogP contribution < -0.4 is 5.32 Å². The second kappa shape index (κ2) is 6.75. The van der Waals surface area contributed by atoms with E-state index in [2.05, 4.69) is 15.3 Å². The highest BCUT2D eigenvalue weighted by molar-refractivity contribution is 6.33. The molecule has 114 valence electrons. The third-order valence-electron chi connectivity index (χ3n) is 3.65. The number of benzene rings is 1. The van der Waals surface area contributed by atoms with Crippen LogP contribution in [0.4, 0.5) is 11.5 Å². The topological polar surface area (TPSA) is 58.1 Å². The summed E-state index contributed by atoms with van der Waals surface area (Å²) in [5.41, 5.74) is 1.14. The monoisotopic (exact) mass is 316 g/mol. The number of anilines is 2. The molecule has 1 saturated heterocycles. The zero-order chi connectivity index (χ0) is 15.4. The van der Waals surface area contributed by atoms with Crippen molar-refractivity contribution in [2.24, 2.45) is 0 Å². The Labute approximate surface area is 134 Å². The summed E-state index contributed by atoms with van der Waals surface area (Å²) in [5.74, 6) is 0.514. The van der Waals surface area contributed by atoms with Crippen molar-refractivity contribution in [3.8, 4) is 0 Å². The van der Waals surface area contributed by atoms with Crippen molar-refractivity contribution >= 4 is 29.0 Å². The molecule has 2 aromatic rings. The fraction of sp³-hybridized carbons (Fsp3) is 0.312. The summed E-state index contributed by atoms with van der Waals surface area (Å²) in [5, 5.41) is 3.70. The summed E-state index contributed by atoms with van der Waals surface area (Å²) >= 11 is 6.09. The average molecular weight is 317 g/mol. The Morgan fingerprint density at radius 2 is 1.86 bits per heavy atom. The molecule has 5 nitrogen and oxygen atoms in total. The van der Waals surface area contributed by atoms with Gasteiger partial charge in [-0.3, -0.25) is 4.79 Å². The fourth-order valence-electron chi connectivity index (χ4n) is 2.46. The number of rotatable bonds is 3. The Morgan fingerprint density at radius 3 is 2.55 bits per heavy atom. The van der Waals surface area contributed by atoms with Gasteiger partial charge in [0.1, 0.15) is 11.5 Å². The van der Waals surface area contributed by atoms with Crippen LogP contribution in [-0.4, -0.2) is 33.9 Å². The maximum atomic E-state index is 12.3. The average Bonchev–Trinajstić information content (AvgIpc) is 2.58. The number of halogens is 1. The number of hydrogen-bond acceptors (Lipinski definition) is 4. The summed E-state index contributed by atoms with van der Waals surface area (Å²) in [4.78, 5) is 22.6. The molecular weight excluding hydrogens is 300 g/mol. The maximum Gasteiger partial charge on any atom is 0.274 e. The van der Waals surface area contributed by atoms with Crippen LogP contribution in [0.2, 0.25) is 5.02 Å². The molecule has 1 aliphatic rings. The Bertz CT molecular complexity index is 653. The molecule has 1 fully saturated rings. The number of piperidine rings is 1. The molecule has 2 heterocycles. The van der Waals surface area contributed by atoms with E-state index < -0.39 is 0 Å². The van der Waals surface area contributed by atoms with Gasteiger partial charge in [0.25, 0.3) is 5.91 Å². The lowest BCUT2D eigenvalue weighted by molar-refractivity contribution is 0.0718. The van der Waals surface area contributed by atoms with Gasteiger partial charge in [0.15, 0.2) is 0 Å². The van der Waals surface area contributed by atoms with E-state index in [1.165, 1.54) is 12.6 Å². The fourth-order valence-corrected chi connectivity index (χ4v) is 2.65. The van der Waals surface area contributed by atoms with Crippen molar-refractivity contribution < 1.29 is 4.79 Å². The van der Waals surface area contributed by atoms with Gasteiger partial charge in [0.05, 0.1) is 23.1 Å². The summed E-state index contributed by atoms with van der Waals surface area (Å²) < 4.78 is 0. The predicted octanol–water partition coefficient (Wildman–Crippen LogP) is 3.50. The van der Waals surface area contributed by atoms with Gasteiger partial charge in [-0.05, 0) is 31.4 Å². The van der Waals surface area contributed by atoms with Crippen LogP contribution >= 0.6 is 11.6 Å². The number of para-hydroxylation sites is 1. The Balaban J connectivity index is 1.70. The maximum absolute atomic E-state index is 12.3. The minimum atomic E-state index is -0.0449. The number of hydrogen-bond donors (Lipinski definition) is 1. The van der Waals surface area contributed by atoms with E-state index in [-0.39, 0.29) is 5.91 Å². The molecule has 0 atom stereocenters. The lowest BCUT2D eigenvalue weighted by Crippen LogP contribution is -2.36. The molecule has 0 saturated carbocycles. The molecule has 22 heavy (non-hydrogen) atoms. The lowest BCUT2D eigenvalue weighted by Gasteiger charge is -2.26. The molecule has 1 N–H and O–H groups in total. The number of carbonyl (C=O) groups excluding carboxylic acids is 1. The molecule has 0 spiro atoms. The molecule has 3 rings (SSSR count). The predicted molar refractivity (Wildman–Crippen MR) is 86.5 cm³/mol. The molecule has 0 radical (unpaired) electrons. The summed E-state index contributed by atoms with van der Waals surface area (Å²) in [6.07, 6.45) is 6.38. The van der Waals surface area contributed by atoms with Crippen LogP contribution in [0.1, 0.15) is 29.8 Å². The van der Waals surface area contributed by atoms with Crippen molar-refractivity contribution in [1.82, 2.24) is 14.9 Å². The van der Waals surface area contributed by atoms with E-state index >= 15 is 0 Å². The summed E-state index contributed by atoms with van der Waals surface area (Å²) in [6.45, 7) is 1.61. The van der Waals surface area contributed by atoms with Gasteiger partial charge in [-0.15, -0.1) is 0 Å². The molecule has 6 heteroatoms. The van der Waals surface area contributed by atoms with E-state index in [1.54, 1.807) is 12.3 Å². The second-order valence-electron chi connectivity index (χ2n) is 5.24. The van der Waals surface area contributed by atoms with Gasteiger partial charge in [0.2, 0.25) is 0 Å². The van der Waals surface area contributed by atoms with Gasteiger partial charge in [-0.25, -0.2) is 9.97 Å². The van der Waals surface area contributed by atoms with Gasteiger partial charge in [-0.1, -0.05) is 23.7 Å². The van der Waals surface area contributed by atoms with Crippen molar-refractivity contribution in [1.29, 1.82) is 0 Å². The van der Waals surface area contributed by atoms with Crippen LogP contribution in [0.3, 0.4) is 0 Å². The first-order valence-electron chi connectivity index (χ1n) is 7.37. The number of carbonyl (C=O) groups is 1. The quantitative estimate of drug-likeness (QED) is 0.941. The van der Waals surface area contributed by atoms with Crippen LogP contribution in [0.25, 0.3) is 0 Å². The van der Waals surface area contributed by atoms with Gasteiger partial charge >= 0.3 is 0 Å². The van der Waals surface area contributed by atoms with E-state index in [0.29, 0.717) is 16.5 Å². The highest BCUT2D eigenvalue weighted by Crippen LogP contribution is 2.23. The third-order valence-corrected chi connectivity index (χ3v) is 3.98. The first kappa shape index (κ1) is 14.8. The zero-order valence-electron chi connectivity index (χ0n) is 12.1. The Hall–Kier alpha value is -2.14. The Morgan fingerprint density at radius 1 is 1.09 bits per heavy atom. The molecule has 1 aromatic heterocycles. The number of nitrogens with zero attached hydrogens (tertiary/aromatic N) is 3. The SMILES string of the molecule is O=C(c1cnc(Nc2ccccc2Cl)cn1)N1CCCCC1. The van der Waals surface area contributed by atoms with E-state index in [9.17, 15) is 4.79 Å². The van der Waals surface area contributed by atoms with E-state index in [1.807, 2.05) is 23.1 Å². The van der Waals surface area contributed by atoms with Crippen LogP contribution in [0, 0.1) is 0 Å². The summed E-state index contributed by atoms with van der Waals surface area (Å²) in [6, 6.07) is 7.40. The molecule has 1 amide bonds. The highest BCUT2D eigenvalue weighted by atomic mass is 35.5. The highest BCUT2D eigenvalue weighted by Gasteiger charge is 2.19. The first-order valence-corrected chi connectivity index (χ1v) is 7.75. The smallest absolute Gasteiger partial charge is 0.274 e. The molecule has 0 bridgehead atoms. The molecular formula is C16H17ClN4O. The molecule has 0 unspecified atom stereocenters. The van der Waals surface area contributed by atoms with Crippen LogP contribution in [0.5, 0.6) is 0 Å². The van der Waals surface area contributed by atoms with Crippen LogP contribution in [0.15, 0.2) is 36.7 Å². The number of aromatic nitrogens is 2.